The Balaban J connectivity index is 1.57. The zero-order valence-corrected chi connectivity index (χ0v) is 16.1. The van der Waals surface area contributed by atoms with Crippen molar-refractivity contribution in [2.24, 2.45) is 0 Å². The summed E-state index contributed by atoms with van der Waals surface area (Å²) in [6.45, 7) is 1.78. The fraction of sp³-hybridized carbons (Fsp3) is 0.333. The van der Waals surface area contributed by atoms with Gasteiger partial charge in [0.1, 0.15) is 18.8 Å². The first-order chi connectivity index (χ1) is 13.5. The molecule has 0 spiro atoms. The third kappa shape index (κ3) is 5.10. The molecule has 0 bridgehead atoms. The SMILES string of the molecule is Cc1ccc(C(=O)O[C@H]2CC(O)O[C@@H]2COC(=O)c2ccc(CCl)cc2)cc1. The van der Waals surface area contributed by atoms with Gasteiger partial charge in [-0.2, -0.15) is 0 Å². The highest BCUT2D eigenvalue weighted by Gasteiger charge is 2.38. The van der Waals surface area contributed by atoms with Gasteiger partial charge in [0.15, 0.2) is 6.29 Å². The lowest BCUT2D eigenvalue weighted by Crippen LogP contribution is -2.32. The van der Waals surface area contributed by atoms with Gasteiger partial charge in [-0.25, -0.2) is 9.59 Å². The van der Waals surface area contributed by atoms with Gasteiger partial charge in [0.25, 0.3) is 0 Å². The minimum absolute atomic E-state index is 0.115. The van der Waals surface area contributed by atoms with E-state index in [4.69, 9.17) is 25.8 Å². The van der Waals surface area contributed by atoms with Gasteiger partial charge in [-0.1, -0.05) is 29.8 Å². The summed E-state index contributed by atoms with van der Waals surface area (Å²) in [6, 6.07) is 13.7. The monoisotopic (exact) mass is 404 g/mol. The molecule has 7 heteroatoms. The van der Waals surface area contributed by atoms with Gasteiger partial charge in [-0.3, -0.25) is 0 Å². The summed E-state index contributed by atoms with van der Waals surface area (Å²) in [5.74, 6) is -0.692. The second-order valence-corrected chi connectivity index (χ2v) is 6.87. The maximum atomic E-state index is 12.3. The van der Waals surface area contributed by atoms with Crippen LogP contribution in [0.3, 0.4) is 0 Å². The molecule has 0 radical (unpaired) electrons. The summed E-state index contributed by atoms with van der Waals surface area (Å²) in [4.78, 5) is 24.5. The highest BCUT2D eigenvalue weighted by Crippen LogP contribution is 2.24. The summed E-state index contributed by atoms with van der Waals surface area (Å²) >= 11 is 5.73. The fourth-order valence-corrected chi connectivity index (χ4v) is 3.01. The van der Waals surface area contributed by atoms with Crippen LogP contribution in [0.1, 0.15) is 38.3 Å². The van der Waals surface area contributed by atoms with Crippen molar-refractivity contribution in [2.45, 2.75) is 37.7 Å². The quantitative estimate of drug-likeness (QED) is 0.588. The van der Waals surface area contributed by atoms with Crippen LogP contribution in [0, 0.1) is 6.92 Å². The van der Waals surface area contributed by atoms with Crippen LogP contribution in [0.4, 0.5) is 0 Å². The molecular weight excluding hydrogens is 384 g/mol. The summed E-state index contributed by atoms with van der Waals surface area (Å²) in [5, 5.41) is 9.76. The average molecular weight is 405 g/mol. The summed E-state index contributed by atoms with van der Waals surface area (Å²) in [5.41, 5.74) is 2.70. The van der Waals surface area contributed by atoms with Crippen LogP contribution in [0.2, 0.25) is 0 Å². The molecule has 0 amide bonds. The predicted octanol–water partition coefficient (Wildman–Crippen LogP) is 3.22. The van der Waals surface area contributed by atoms with Gasteiger partial charge in [0, 0.05) is 12.3 Å². The molecule has 1 aliphatic heterocycles. The minimum Gasteiger partial charge on any atom is -0.459 e. The average Bonchev–Trinajstić information content (AvgIpc) is 3.05. The van der Waals surface area contributed by atoms with E-state index in [9.17, 15) is 14.7 Å². The van der Waals surface area contributed by atoms with Gasteiger partial charge in [0.05, 0.1) is 11.1 Å². The molecular formula is C21H21ClO6. The van der Waals surface area contributed by atoms with E-state index in [-0.39, 0.29) is 13.0 Å². The number of rotatable bonds is 6. The second-order valence-electron chi connectivity index (χ2n) is 6.60. The lowest BCUT2D eigenvalue weighted by Gasteiger charge is -2.18. The highest BCUT2D eigenvalue weighted by molar-refractivity contribution is 6.17. The molecule has 148 valence electrons. The van der Waals surface area contributed by atoms with Crippen LogP contribution in [-0.4, -0.2) is 42.1 Å². The van der Waals surface area contributed by atoms with Gasteiger partial charge in [0.2, 0.25) is 0 Å². The van der Waals surface area contributed by atoms with Crippen LogP contribution in [0.25, 0.3) is 0 Å². The van der Waals surface area contributed by atoms with Crippen molar-refractivity contribution in [3.05, 3.63) is 70.8 Å². The van der Waals surface area contributed by atoms with Crippen LogP contribution < -0.4 is 0 Å². The number of halogens is 1. The normalized spacial score (nSPS) is 21.3. The molecule has 2 aromatic carbocycles. The molecule has 2 aromatic rings. The number of hydrogen-bond donors (Lipinski definition) is 1. The van der Waals surface area contributed by atoms with E-state index in [2.05, 4.69) is 0 Å². The van der Waals surface area contributed by atoms with Gasteiger partial charge in [-0.05, 0) is 36.8 Å². The molecule has 6 nitrogen and oxygen atoms in total. The minimum atomic E-state index is -1.08. The van der Waals surface area contributed by atoms with Crippen molar-refractivity contribution in [1.82, 2.24) is 0 Å². The molecule has 1 N–H and O–H groups in total. The fourth-order valence-electron chi connectivity index (χ4n) is 2.83. The van der Waals surface area contributed by atoms with Crippen molar-refractivity contribution in [2.75, 3.05) is 6.61 Å². The van der Waals surface area contributed by atoms with Crippen molar-refractivity contribution in [3.63, 3.8) is 0 Å². The van der Waals surface area contributed by atoms with E-state index in [1.54, 1.807) is 36.4 Å². The van der Waals surface area contributed by atoms with Gasteiger partial charge in [-0.15, -0.1) is 11.6 Å². The first-order valence-corrected chi connectivity index (χ1v) is 9.43. The number of aliphatic hydroxyl groups excluding tert-OH is 1. The van der Waals surface area contributed by atoms with Crippen molar-refractivity contribution < 1.29 is 28.9 Å². The standard InChI is InChI=1S/C21H21ClO6/c1-13-2-6-16(7-3-13)21(25)28-17-10-19(23)27-18(17)12-26-20(24)15-8-4-14(11-22)5-9-15/h2-9,17-19,23H,10-12H2,1H3/t17-,18+,19?/m0/s1. The summed E-state index contributed by atoms with van der Waals surface area (Å²) < 4.78 is 16.1. The molecule has 28 heavy (non-hydrogen) atoms. The molecule has 1 aliphatic rings. The van der Waals surface area contributed by atoms with Gasteiger partial charge >= 0.3 is 11.9 Å². The van der Waals surface area contributed by atoms with E-state index < -0.39 is 30.4 Å². The maximum absolute atomic E-state index is 12.3. The zero-order chi connectivity index (χ0) is 20.1. The molecule has 1 fully saturated rings. The summed E-state index contributed by atoms with van der Waals surface area (Å²) in [7, 11) is 0. The Bertz CT molecular complexity index is 818. The zero-order valence-electron chi connectivity index (χ0n) is 15.3. The number of aryl methyl sites for hydroxylation is 1. The Morgan fingerprint density at radius 3 is 2.32 bits per heavy atom. The number of esters is 2. The molecule has 1 saturated heterocycles. The van der Waals surface area contributed by atoms with E-state index >= 15 is 0 Å². The third-order valence-corrected chi connectivity index (χ3v) is 4.76. The summed E-state index contributed by atoms with van der Waals surface area (Å²) in [6.07, 6.45) is -2.42. The topological polar surface area (TPSA) is 82.1 Å². The number of ether oxygens (including phenoxy) is 3. The number of benzene rings is 2. The molecule has 1 unspecified atom stereocenters. The number of aliphatic hydroxyl groups is 1. The first kappa shape index (κ1) is 20.3. The molecule has 0 saturated carbocycles. The molecule has 0 aromatic heterocycles. The van der Waals surface area contributed by atoms with Crippen LogP contribution >= 0.6 is 11.6 Å². The van der Waals surface area contributed by atoms with Crippen LogP contribution in [0.5, 0.6) is 0 Å². The number of carbonyl (C=O) groups excluding carboxylic acids is 2. The van der Waals surface area contributed by atoms with E-state index in [0.29, 0.717) is 17.0 Å². The largest absolute Gasteiger partial charge is 0.459 e. The number of hydrogen-bond acceptors (Lipinski definition) is 6. The van der Waals surface area contributed by atoms with Crippen molar-refractivity contribution in [1.29, 1.82) is 0 Å². The van der Waals surface area contributed by atoms with Crippen LogP contribution in [0.15, 0.2) is 48.5 Å². The number of carbonyl (C=O) groups is 2. The number of alkyl halides is 1. The lowest BCUT2D eigenvalue weighted by atomic mass is 10.1. The Morgan fingerprint density at radius 1 is 1.07 bits per heavy atom. The first-order valence-electron chi connectivity index (χ1n) is 8.89. The molecule has 3 atom stereocenters. The molecule has 0 aliphatic carbocycles. The Hall–Kier alpha value is -2.41. The predicted molar refractivity (Wildman–Crippen MR) is 102 cm³/mol. The Morgan fingerprint density at radius 2 is 1.68 bits per heavy atom. The lowest BCUT2D eigenvalue weighted by molar-refractivity contribution is -0.110. The Kier molecular flexibility index (Phi) is 6.67. The third-order valence-electron chi connectivity index (χ3n) is 4.45. The smallest absolute Gasteiger partial charge is 0.338 e. The van der Waals surface area contributed by atoms with E-state index in [0.717, 1.165) is 11.1 Å². The maximum Gasteiger partial charge on any atom is 0.338 e. The van der Waals surface area contributed by atoms with Gasteiger partial charge < -0.3 is 19.3 Å². The van der Waals surface area contributed by atoms with Crippen molar-refractivity contribution in [3.8, 4) is 0 Å². The molecule has 3 rings (SSSR count). The Labute approximate surface area is 168 Å². The second kappa shape index (κ2) is 9.19. The van der Waals surface area contributed by atoms with Crippen molar-refractivity contribution >= 4 is 23.5 Å². The van der Waals surface area contributed by atoms with Crippen LogP contribution in [-0.2, 0) is 20.1 Å². The van der Waals surface area contributed by atoms with E-state index in [1.807, 2.05) is 19.1 Å². The van der Waals surface area contributed by atoms with E-state index in [1.165, 1.54) is 0 Å². The molecule has 1 heterocycles. The highest BCUT2D eigenvalue weighted by atomic mass is 35.5.